The fourth-order valence-electron chi connectivity index (χ4n) is 2.00. The molecule has 1 aromatic rings. The first-order valence-corrected chi connectivity index (χ1v) is 7.04. The van der Waals surface area contributed by atoms with E-state index in [1.165, 1.54) is 6.07 Å². The number of benzene rings is 1. The number of amides is 1. The predicted octanol–water partition coefficient (Wildman–Crippen LogP) is 2.50. The molecule has 0 radical (unpaired) electrons. The summed E-state index contributed by atoms with van der Waals surface area (Å²) in [6.07, 6.45) is 1.22. The molecule has 1 aliphatic heterocycles. The van der Waals surface area contributed by atoms with Crippen molar-refractivity contribution in [3.05, 3.63) is 27.3 Å². The first-order valence-electron chi connectivity index (χ1n) is 5.96. The standard InChI is InChI=1S/C13H14INO4/c1-7-2-3-11(19-7)12(16)15-10-5-8(13(17)18)4-9(14)6-10/h4-7,11H,2-3H2,1H3,(H,15,16)(H,17,18). The van der Waals surface area contributed by atoms with Gasteiger partial charge in [-0.3, -0.25) is 4.79 Å². The number of nitrogens with one attached hydrogen (secondary N) is 1. The van der Waals surface area contributed by atoms with Gasteiger partial charge in [0.25, 0.3) is 5.91 Å². The number of halogens is 1. The first-order chi connectivity index (χ1) is 8.95. The lowest BCUT2D eigenvalue weighted by molar-refractivity contribution is -0.126. The molecule has 2 rings (SSSR count). The zero-order valence-electron chi connectivity index (χ0n) is 10.4. The molecule has 2 unspecified atom stereocenters. The Bertz CT molecular complexity index is 517. The number of hydrogen-bond acceptors (Lipinski definition) is 3. The van der Waals surface area contributed by atoms with E-state index in [1.54, 1.807) is 12.1 Å². The number of hydrogen-bond donors (Lipinski definition) is 2. The van der Waals surface area contributed by atoms with Gasteiger partial charge < -0.3 is 15.2 Å². The van der Waals surface area contributed by atoms with E-state index >= 15 is 0 Å². The molecule has 2 N–H and O–H groups in total. The molecular weight excluding hydrogens is 361 g/mol. The second kappa shape index (κ2) is 5.87. The Morgan fingerprint density at radius 2 is 2.11 bits per heavy atom. The van der Waals surface area contributed by atoms with Crippen molar-refractivity contribution in [2.24, 2.45) is 0 Å². The third kappa shape index (κ3) is 3.66. The summed E-state index contributed by atoms with van der Waals surface area (Å²) in [4.78, 5) is 22.9. The van der Waals surface area contributed by atoms with Crippen LogP contribution in [0.4, 0.5) is 5.69 Å². The van der Waals surface area contributed by atoms with Crippen molar-refractivity contribution in [3.63, 3.8) is 0 Å². The quantitative estimate of drug-likeness (QED) is 0.797. The summed E-state index contributed by atoms with van der Waals surface area (Å²) in [6, 6.07) is 4.72. The van der Waals surface area contributed by atoms with Crippen LogP contribution in [0.3, 0.4) is 0 Å². The van der Waals surface area contributed by atoms with E-state index in [0.717, 1.165) is 9.99 Å². The highest BCUT2D eigenvalue weighted by Gasteiger charge is 2.28. The van der Waals surface area contributed by atoms with Gasteiger partial charge in [-0.15, -0.1) is 0 Å². The van der Waals surface area contributed by atoms with Gasteiger partial charge in [-0.25, -0.2) is 4.79 Å². The number of anilines is 1. The lowest BCUT2D eigenvalue weighted by Crippen LogP contribution is -2.27. The predicted molar refractivity (Wildman–Crippen MR) is 78.3 cm³/mol. The summed E-state index contributed by atoms with van der Waals surface area (Å²) in [5.41, 5.74) is 0.639. The third-order valence-corrected chi connectivity index (χ3v) is 3.56. The molecule has 102 valence electrons. The van der Waals surface area contributed by atoms with Gasteiger partial charge >= 0.3 is 5.97 Å². The largest absolute Gasteiger partial charge is 0.478 e. The summed E-state index contributed by atoms with van der Waals surface area (Å²) in [5, 5.41) is 11.7. The summed E-state index contributed by atoms with van der Waals surface area (Å²) in [6.45, 7) is 1.93. The number of carbonyl (C=O) groups excluding carboxylic acids is 1. The maximum absolute atomic E-state index is 12.0. The second-order valence-electron chi connectivity index (χ2n) is 4.54. The summed E-state index contributed by atoms with van der Waals surface area (Å²) in [5.74, 6) is -1.23. The Morgan fingerprint density at radius 1 is 1.37 bits per heavy atom. The van der Waals surface area contributed by atoms with Crippen molar-refractivity contribution in [2.45, 2.75) is 32.0 Å². The highest BCUT2D eigenvalue weighted by atomic mass is 127. The van der Waals surface area contributed by atoms with Crippen LogP contribution in [0, 0.1) is 3.57 Å². The summed E-state index contributed by atoms with van der Waals surface area (Å²) in [7, 11) is 0. The molecule has 0 aromatic heterocycles. The first kappa shape index (κ1) is 14.3. The van der Waals surface area contributed by atoms with Crippen molar-refractivity contribution in [1.82, 2.24) is 0 Å². The maximum Gasteiger partial charge on any atom is 0.335 e. The zero-order valence-corrected chi connectivity index (χ0v) is 12.5. The van der Waals surface area contributed by atoms with Crippen molar-refractivity contribution >= 4 is 40.2 Å². The SMILES string of the molecule is CC1CCC(C(=O)Nc2cc(I)cc(C(=O)O)c2)O1. The molecular formula is C13H14INO4. The Balaban J connectivity index is 2.10. The number of carbonyl (C=O) groups is 2. The molecule has 1 aromatic carbocycles. The van der Waals surface area contributed by atoms with Gasteiger partial charge in [0, 0.05) is 9.26 Å². The summed E-state index contributed by atoms with van der Waals surface area (Å²) >= 11 is 2.02. The molecule has 6 heteroatoms. The number of rotatable bonds is 3. The molecule has 5 nitrogen and oxygen atoms in total. The average Bonchev–Trinajstić information content (AvgIpc) is 2.75. The smallest absolute Gasteiger partial charge is 0.335 e. The van der Waals surface area contributed by atoms with Gasteiger partial charge in [-0.1, -0.05) is 0 Å². The van der Waals surface area contributed by atoms with Crippen molar-refractivity contribution < 1.29 is 19.4 Å². The van der Waals surface area contributed by atoms with Gasteiger partial charge in [-0.2, -0.15) is 0 Å². The Kier molecular flexibility index (Phi) is 4.41. The third-order valence-electron chi connectivity index (χ3n) is 2.94. The van der Waals surface area contributed by atoms with Crippen LogP contribution in [0.2, 0.25) is 0 Å². The molecule has 0 saturated carbocycles. The van der Waals surface area contributed by atoms with Crippen molar-refractivity contribution in [3.8, 4) is 0 Å². The molecule has 0 aliphatic carbocycles. The Hall–Kier alpha value is -1.15. The lowest BCUT2D eigenvalue weighted by Gasteiger charge is -2.12. The molecule has 19 heavy (non-hydrogen) atoms. The van der Waals surface area contributed by atoms with E-state index < -0.39 is 12.1 Å². The van der Waals surface area contributed by atoms with Crippen LogP contribution in [0.15, 0.2) is 18.2 Å². The van der Waals surface area contributed by atoms with Gasteiger partial charge in [0.2, 0.25) is 0 Å². The van der Waals surface area contributed by atoms with Gasteiger partial charge in [-0.05, 0) is 60.6 Å². The van der Waals surface area contributed by atoms with Gasteiger partial charge in [0.1, 0.15) is 6.10 Å². The molecule has 1 fully saturated rings. The summed E-state index contributed by atoms with van der Waals surface area (Å²) < 4.78 is 6.23. The van der Waals surface area contributed by atoms with Crippen LogP contribution in [0.1, 0.15) is 30.1 Å². The number of ether oxygens (including phenoxy) is 1. The maximum atomic E-state index is 12.0. The van der Waals surface area contributed by atoms with Crippen LogP contribution in [0.25, 0.3) is 0 Å². The van der Waals surface area contributed by atoms with Gasteiger partial charge in [0.15, 0.2) is 0 Å². The van der Waals surface area contributed by atoms with Crippen LogP contribution in [0.5, 0.6) is 0 Å². The average molecular weight is 375 g/mol. The highest BCUT2D eigenvalue weighted by molar-refractivity contribution is 14.1. The van der Waals surface area contributed by atoms with E-state index in [0.29, 0.717) is 12.1 Å². The van der Waals surface area contributed by atoms with Crippen molar-refractivity contribution in [1.29, 1.82) is 0 Å². The van der Waals surface area contributed by atoms with E-state index in [-0.39, 0.29) is 17.6 Å². The molecule has 2 atom stereocenters. The zero-order chi connectivity index (χ0) is 14.0. The second-order valence-corrected chi connectivity index (χ2v) is 5.78. The normalized spacial score (nSPS) is 22.2. The van der Waals surface area contributed by atoms with E-state index in [9.17, 15) is 9.59 Å². The van der Waals surface area contributed by atoms with Gasteiger partial charge in [0.05, 0.1) is 11.7 Å². The van der Waals surface area contributed by atoms with Crippen LogP contribution in [-0.2, 0) is 9.53 Å². The topological polar surface area (TPSA) is 75.6 Å². The Morgan fingerprint density at radius 3 is 2.68 bits per heavy atom. The van der Waals surface area contributed by atoms with E-state index in [1.807, 2.05) is 29.5 Å². The number of aromatic carboxylic acids is 1. The highest BCUT2D eigenvalue weighted by Crippen LogP contribution is 2.22. The minimum Gasteiger partial charge on any atom is -0.478 e. The molecule has 0 bridgehead atoms. The lowest BCUT2D eigenvalue weighted by atomic mass is 10.1. The number of carboxylic acid groups (broad SMARTS) is 1. The minimum absolute atomic E-state index is 0.0984. The molecule has 1 amide bonds. The van der Waals surface area contributed by atoms with E-state index in [4.69, 9.17) is 9.84 Å². The molecule has 1 heterocycles. The molecule has 1 saturated heterocycles. The number of carboxylic acids is 1. The Labute approximate surface area is 124 Å². The van der Waals surface area contributed by atoms with Crippen LogP contribution >= 0.6 is 22.6 Å². The monoisotopic (exact) mass is 375 g/mol. The molecule has 0 spiro atoms. The minimum atomic E-state index is -1.01. The fourth-order valence-corrected chi connectivity index (χ4v) is 2.67. The fraction of sp³-hybridized carbons (Fsp3) is 0.385. The van der Waals surface area contributed by atoms with Crippen LogP contribution in [-0.4, -0.2) is 29.2 Å². The molecule has 1 aliphatic rings. The van der Waals surface area contributed by atoms with Crippen molar-refractivity contribution in [2.75, 3.05) is 5.32 Å². The van der Waals surface area contributed by atoms with Crippen LogP contribution < -0.4 is 5.32 Å². The van der Waals surface area contributed by atoms with E-state index in [2.05, 4.69) is 5.32 Å².